The van der Waals surface area contributed by atoms with Crippen molar-refractivity contribution in [1.82, 2.24) is 9.97 Å². The van der Waals surface area contributed by atoms with Crippen molar-refractivity contribution in [2.75, 3.05) is 0 Å². The number of aromatic amines is 1. The summed E-state index contributed by atoms with van der Waals surface area (Å²) in [6, 6.07) is 0. The molecular weight excluding hydrogens is 190 g/mol. The van der Waals surface area contributed by atoms with E-state index < -0.39 is 0 Å². The lowest BCUT2D eigenvalue weighted by Crippen LogP contribution is -2.20. The second-order valence-electron chi connectivity index (χ2n) is 2.24. The van der Waals surface area contributed by atoms with E-state index >= 15 is 0 Å². The SMILES string of the molecule is CCCc1ncc[nH]1.Cl.N=C(N)N. The first-order valence-electron chi connectivity index (χ1n) is 3.74. The number of rotatable bonds is 2. The zero-order valence-corrected chi connectivity index (χ0v) is 8.40. The van der Waals surface area contributed by atoms with Crippen LogP contribution in [-0.4, -0.2) is 15.9 Å². The molecule has 1 heterocycles. The third kappa shape index (κ3) is 10.8. The number of aryl methyl sites for hydroxylation is 1. The Morgan fingerprint density at radius 1 is 1.62 bits per heavy atom. The first-order chi connectivity index (χ1) is 5.66. The van der Waals surface area contributed by atoms with Crippen LogP contribution in [0.2, 0.25) is 0 Å². The van der Waals surface area contributed by atoms with Crippen LogP contribution >= 0.6 is 12.4 Å². The molecule has 0 bridgehead atoms. The van der Waals surface area contributed by atoms with Gasteiger partial charge in [0.05, 0.1) is 0 Å². The topological polar surface area (TPSA) is 105 Å². The quantitative estimate of drug-likeness (QED) is 0.420. The standard InChI is InChI=1S/C6H10N2.CH5N3.ClH/c1-2-3-6-7-4-5-8-6;2-1(3)4;/h4-5H,2-3H2,1H3,(H,7,8);(H5,2,3,4);1H. The van der Waals surface area contributed by atoms with Crippen molar-refractivity contribution in [2.45, 2.75) is 19.8 Å². The van der Waals surface area contributed by atoms with Gasteiger partial charge in [-0.3, -0.25) is 5.41 Å². The van der Waals surface area contributed by atoms with Crippen LogP contribution in [0.1, 0.15) is 19.2 Å². The Labute approximate surface area is 83.8 Å². The van der Waals surface area contributed by atoms with Crippen LogP contribution in [0.25, 0.3) is 0 Å². The molecule has 0 saturated carbocycles. The molecule has 0 spiro atoms. The van der Waals surface area contributed by atoms with Crippen LogP contribution in [0.4, 0.5) is 0 Å². The molecule has 1 rings (SSSR count). The van der Waals surface area contributed by atoms with E-state index in [2.05, 4.69) is 28.4 Å². The molecule has 0 aliphatic carbocycles. The molecule has 1 aromatic rings. The molecule has 0 fully saturated rings. The second-order valence-corrected chi connectivity index (χ2v) is 2.24. The van der Waals surface area contributed by atoms with Gasteiger partial charge in [0.25, 0.3) is 0 Å². The lowest BCUT2D eigenvalue weighted by molar-refractivity contribution is 0.856. The van der Waals surface area contributed by atoms with Crippen molar-refractivity contribution in [3.63, 3.8) is 0 Å². The van der Waals surface area contributed by atoms with Crippen LogP contribution in [0.15, 0.2) is 12.4 Å². The molecule has 13 heavy (non-hydrogen) atoms. The van der Waals surface area contributed by atoms with E-state index in [9.17, 15) is 0 Å². The first kappa shape index (κ1) is 14.3. The summed E-state index contributed by atoms with van der Waals surface area (Å²) in [5.41, 5.74) is 8.94. The van der Waals surface area contributed by atoms with Gasteiger partial charge < -0.3 is 16.5 Å². The van der Waals surface area contributed by atoms with Crippen LogP contribution in [-0.2, 0) is 6.42 Å². The molecule has 5 nitrogen and oxygen atoms in total. The fourth-order valence-electron chi connectivity index (χ4n) is 0.671. The minimum atomic E-state index is -0.333. The molecule has 1 aromatic heterocycles. The molecule has 0 saturated heterocycles. The van der Waals surface area contributed by atoms with Crippen molar-refractivity contribution in [3.8, 4) is 0 Å². The number of nitrogens with two attached hydrogens (primary N) is 2. The van der Waals surface area contributed by atoms with E-state index in [-0.39, 0.29) is 18.4 Å². The van der Waals surface area contributed by atoms with Crippen molar-refractivity contribution in [1.29, 1.82) is 5.41 Å². The van der Waals surface area contributed by atoms with Crippen molar-refractivity contribution >= 4 is 18.4 Å². The molecule has 6 N–H and O–H groups in total. The Bertz CT molecular complexity index is 205. The predicted octanol–water partition coefficient (Wildman–Crippen LogP) is 0.623. The van der Waals surface area contributed by atoms with Crippen molar-refractivity contribution in [2.24, 2.45) is 11.5 Å². The Kier molecular flexibility index (Phi) is 9.75. The number of halogens is 1. The van der Waals surface area contributed by atoms with E-state index in [1.54, 1.807) is 6.20 Å². The third-order valence-corrected chi connectivity index (χ3v) is 1.04. The number of imidazole rings is 1. The van der Waals surface area contributed by atoms with Gasteiger partial charge in [-0.05, 0) is 6.42 Å². The fourth-order valence-corrected chi connectivity index (χ4v) is 0.671. The van der Waals surface area contributed by atoms with Crippen LogP contribution in [0.3, 0.4) is 0 Å². The number of hydrogen-bond donors (Lipinski definition) is 4. The van der Waals surface area contributed by atoms with E-state index in [1.165, 1.54) is 0 Å². The van der Waals surface area contributed by atoms with Gasteiger partial charge >= 0.3 is 0 Å². The maximum atomic E-state index is 6.06. The van der Waals surface area contributed by atoms with Gasteiger partial charge in [0.2, 0.25) is 0 Å². The summed E-state index contributed by atoms with van der Waals surface area (Å²) in [7, 11) is 0. The highest BCUT2D eigenvalue weighted by atomic mass is 35.5. The minimum absolute atomic E-state index is 0. The number of aromatic nitrogens is 2. The molecule has 0 unspecified atom stereocenters. The predicted molar refractivity (Wildman–Crippen MR) is 55.9 cm³/mol. The van der Waals surface area contributed by atoms with Gasteiger partial charge in [-0.1, -0.05) is 6.92 Å². The van der Waals surface area contributed by atoms with Gasteiger partial charge in [0, 0.05) is 18.8 Å². The summed E-state index contributed by atoms with van der Waals surface area (Å²) >= 11 is 0. The smallest absolute Gasteiger partial charge is 0.183 e. The largest absolute Gasteiger partial charge is 0.370 e. The Morgan fingerprint density at radius 2 is 2.15 bits per heavy atom. The number of hydrogen-bond acceptors (Lipinski definition) is 2. The lowest BCUT2D eigenvalue weighted by Gasteiger charge is -1.85. The van der Waals surface area contributed by atoms with Crippen molar-refractivity contribution in [3.05, 3.63) is 18.2 Å². The normalized spacial score (nSPS) is 7.77. The number of nitrogens with zero attached hydrogens (tertiary/aromatic N) is 1. The maximum absolute atomic E-state index is 6.06. The lowest BCUT2D eigenvalue weighted by atomic mass is 10.3. The molecule has 0 aliphatic heterocycles. The van der Waals surface area contributed by atoms with Gasteiger partial charge in [-0.2, -0.15) is 0 Å². The van der Waals surface area contributed by atoms with Crippen LogP contribution < -0.4 is 11.5 Å². The van der Waals surface area contributed by atoms with Crippen LogP contribution in [0.5, 0.6) is 0 Å². The van der Waals surface area contributed by atoms with E-state index in [0.717, 1.165) is 18.7 Å². The molecular formula is C7H16ClN5. The first-order valence-corrected chi connectivity index (χ1v) is 3.74. The summed E-state index contributed by atoms with van der Waals surface area (Å²) in [6.45, 7) is 2.14. The van der Waals surface area contributed by atoms with Gasteiger partial charge in [-0.15, -0.1) is 12.4 Å². The molecule has 0 atom stereocenters. The number of H-pyrrole nitrogens is 1. The molecule has 0 amide bonds. The summed E-state index contributed by atoms with van der Waals surface area (Å²) in [5, 5.41) is 6.06. The average Bonchev–Trinajstić information content (AvgIpc) is 2.39. The van der Waals surface area contributed by atoms with Gasteiger partial charge in [0.15, 0.2) is 5.96 Å². The molecule has 6 heteroatoms. The summed E-state index contributed by atoms with van der Waals surface area (Å²) in [6.07, 6.45) is 5.86. The summed E-state index contributed by atoms with van der Waals surface area (Å²) in [5.74, 6) is 0.757. The molecule has 0 aliphatic rings. The average molecular weight is 206 g/mol. The Hall–Kier alpha value is -1.23. The van der Waals surface area contributed by atoms with Gasteiger partial charge in [0.1, 0.15) is 5.82 Å². The van der Waals surface area contributed by atoms with E-state index in [1.807, 2.05) is 6.20 Å². The molecule has 0 aromatic carbocycles. The zero-order valence-electron chi connectivity index (χ0n) is 7.58. The zero-order chi connectivity index (χ0) is 9.40. The maximum Gasteiger partial charge on any atom is 0.183 e. The highest BCUT2D eigenvalue weighted by Crippen LogP contribution is 1.91. The van der Waals surface area contributed by atoms with E-state index in [0.29, 0.717) is 0 Å². The second kappa shape index (κ2) is 8.86. The van der Waals surface area contributed by atoms with Crippen LogP contribution in [0, 0.1) is 5.41 Å². The number of nitrogens with one attached hydrogen (secondary N) is 2. The Balaban J connectivity index is 0. The Morgan fingerprint density at radius 3 is 2.46 bits per heavy atom. The van der Waals surface area contributed by atoms with Gasteiger partial charge in [-0.25, -0.2) is 4.98 Å². The summed E-state index contributed by atoms with van der Waals surface area (Å²) < 4.78 is 0. The summed E-state index contributed by atoms with van der Waals surface area (Å²) in [4.78, 5) is 7.08. The minimum Gasteiger partial charge on any atom is -0.370 e. The van der Waals surface area contributed by atoms with E-state index in [4.69, 9.17) is 5.41 Å². The molecule has 0 radical (unpaired) electrons. The number of guanidine groups is 1. The monoisotopic (exact) mass is 205 g/mol. The molecule has 76 valence electrons. The highest BCUT2D eigenvalue weighted by Gasteiger charge is 1.87. The fraction of sp³-hybridized carbons (Fsp3) is 0.429. The third-order valence-electron chi connectivity index (χ3n) is 1.04. The van der Waals surface area contributed by atoms with Crippen molar-refractivity contribution < 1.29 is 0 Å². The highest BCUT2D eigenvalue weighted by molar-refractivity contribution is 5.85.